The molecule has 0 radical (unpaired) electrons. The van der Waals surface area contributed by atoms with E-state index in [-0.39, 0.29) is 18.0 Å². The first-order valence-corrected chi connectivity index (χ1v) is 11.5. The molecular formula is C27H26IN3. The van der Waals surface area contributed by atoms with Crippen LogP contribution in [-0.4, -0.2) is 6.04 Å². The molecule has 0 saturated heterocycles. The normalized spacial score (nSPS) is 13.6. The first-order chi connectivity index (χ1) is 15.0. The lowest BCUT2D eigenvalue weighted by Crippen LogP contribution is -2.36. The van der Waals surface area contributed by atoms with Crippen molar-refractivity contribution in [3.05, 3.63) is 104 Å². The molecule has 1 N–H and O–H groups in total. The van der Waals surface area contributed by atoms with Gasteiger partial charge in [0, 0.05) is 21.6 Å². The SMILES string of the molecule is Cc1ccc(C[C@@H](c2cccc(C#N)c2)[C@H](C)NC(CC#N)c2cccc(I)c2)cc1. The van der Waals surface area contributed by atoms with Gasteiger partial charge in [0.2, 0.25) is 0 Å². The first kappa shape index (κ1) is 23.0. The lowest BCUT2D eigenvalue weighted by atomic mass is 9.85. The van der Waals surface area contributed by atoms with Crippen LogP contribution in [0.4, 0.5) is 0 Å². The Morgan fingerprint density at radius 1 is 0.935 bits per heavy atom. The molecule has 0 heterocycles. The van der Waals surface area contributed by atoms with Crippen LogP contribution in [0.2, 0.25) is 0 Å². The van der Waals surface area contributed by atoms with E-state index in [1.165, 1.54) is 11.1 Å². The van der Waals surface area contributed by atoms with Gasteiger partial charge in [0.05, 0.1) is 24.1 Å². The lowest BCUT2D eigenvalue weighted by molar-refractivity contribution is 0.401. The Bertz CT molecular complexity index is 1090. The molecule has 0 bridgehead atoms. The van der Waals surface area contributed by atoms with E-state index in [9.17, 15) is 10.5 Å². The van der Waals surface area contributed by atoms with Gasteiger partial charge in [0.1, 0.15) is 0 Å². The molecule has 0 amide bonds. The second-order valence-corrected chi connectivity index (χ2v) is 9.20. The molecule has 3 aromatic carbocycles. The largest absolute Gasteiger partial charge is 0.306 e. The van der Waals surface area contributed by atoms with Crippen molar-refractivity contribution in [2.45, 2.75) is 44.7 Å². The number of hydrogen-bond acceptors (Lipinski definition) is 3. The summed E-state index contributed by atoms with van der Waals surface area (Å²) in [5.41, 5.74) is 5.44. The fourth-order valence-corrected chi connectivity index (χ4v) is 4.49. The molecule has 0 aliphatic carbocycles. The van der Waals surface area contributed by atoms with Gasteiger partial charge in [-0.2, -0.15) is 10.5 Å². The van der Waals surface area contributed by atoms with E-state index in [0.29, 0.717) is 12.0 Å². The van der Waals surface area contributed by atoms with Crippen molar-refractivity contribution < 1.29 is 0 Å². The zero-order valence-electron chi connectivity index (χ0n) is 17.8. The molecule has 0 saturated carbocycles. The van der Waals surface area contributed by atoms with Gasteiger partial charge in [0.25, 0.3) is 0 Å². The van der Waals surface area contributed by atoms with Gasteiger partial charge in [-0.15, -0.1) is 0 Å². The van der Waals surface area contributed by atoms with Crippen LogP contribution < -0.4 is 5.32 Å². The highest BCUT2D eigenvalue weighted by molar-refractivity contribution is 14.1. The maximum absolute atomic E-state index is 9.44. The summed E-state index contributed by atoms with van der Waals surface area (Å²) < 4.78 is 1.16. The molecule has 31 heavy (non-hydrogen) atoms. The number of rotatable bonds is 8. The predicted octanol–water partition coefficient (Wildman–Crippen LogP) is 6.43. The summed E-state index contributed by atoms with van der Waals surface area (Å²) in [6, 6.07) is 29.5. The first-order valence-electron chi connectivity index (χ1n) is 10.4. The molecule has 3 atom stereocenters. The Balaban J connectivity index is 1.91. The third kappa shape index (κ3) is 6.40. The van der Waals surface area contributed by atoms with Gasteiger partial charge >= 0.3 is 0 Å². The molecule has 0 aromatic heterocycles. The van der Waals surface area contributed by atoms with Gasteiger partial charge < -0.3 is 5.32 Å². The maximum atomic E-state index is 9.44. The minimum absolute atomic E-state index is 0.0469. The summed E-state index contributed by atoms with van der Waals surface area (Å²) in [4.78, 5) is 0. The Morgan fingerprint density at radius 2 is 1.65 bits per heavy atom. The quantitative estimate of drug-likeness (QED) is 0.349. The number of benzene rings is 3. The third-order valence-electron chi connectivity index (χ3n) is 5.63. The number of nitriles is 2. The third-order valence-corrected chi connectivity index (χ3v) is 6.31. The van der Waals surface area contributed by atoms with E-state index in [2.05, 4.69) is 102 Å². The summed E-state index contributed by atoms with van der Waals surface area (Å²) in [7, 11) is 0. The average molecular weight is 519 g/mol. The van der Waals surface area contributed by atoms with Crippen molar-refractivity contribution in [3.8, 4) is 12.1 Å². The van der Waals surface area contributed by atoms with E-state index in [1.807, 2.05) is 24.3 Å². The van der Waals surface area contributed by atoms with Gasteiger partial charge in [-0.1, -0.05) is 54.1 Å². The fourth-order valence-electron chi connectivity index (χ4n) is 3.92. The van der Waals surface area contributed by atoms with Crippen molar-refractivity contribution in [3.63, 3.8) is 0 Å². The molecule has 3 aromatic rings. The number of aryl methyl sites for hydroxylation is 1. The molecule has 0 aliphatic rings. The number of halogens is 1. The molecule has 3 nitrogen and oxygen atoms in total. The van der Waals surface area contributed by atoms with Crippen molar-refractivity contribution in [2.24, 2.45) is 0 Å². The van der Waals surface area contributed by atoms with Crippen LogP contribution in [0.3, 0.4) is 0 Å². The van der Waals surface area contributed by atoms with Crippen LogP contribution >= 0.6 is 22.6 Å². The summed E-state index contributed by atoms with van der Waals surface area (Å²) in [5.74, 6) is 0.167. The highest BCUT2D eigenvalue weighted by atomic mass is 127. The summed E-state index contributed by atoms with van der Waals surface area (Å²) >= 11 is 2.31. The van der Waals surface area contributed by atoms with Gasteiger partial charge in [-0.3, -0.25) is 0 Å². The van der Waals surface area contributed by atoms with Crippen LogP contribution in [0.25, 0.3) is 0 Å². The molecule has 4 heteroatoms. The fraction of sp³-hybridized carbons (Fsp3) is 0.259. The van der Waals surface area contributed by atoms with Gasteiger partial charge in [-0.05, 0) is 83.8 Å². The number of hydrogen-bond donors (Lipinski definition) is 1. The van der Waals surface area contributed by atoms with Crippen molar-refractivity contribution in [1.29, 1.82) is 10.5 Å². The van der Waals surface area contributed by atoms with E-state index in [4.69, 9.17) is 0 Å². The molecule has 3 rings (SSSR count). The highest BCUT2D eigenvalue weighted by Crippen LogP contribution is 2.28. The van der Waals surface area contributed by atoms with Crippen LogP contribution in [0, 0.1) is 33.2 Å². The number of nitrogens with one attached hydrogen (secondary N) is 1. The molecule has 156 valence electrons. The van der Waals surface area contributed by atoms with Crippen molar-refractivity contribution in [1.82, 2.24) is 5.32 Å². The molecular weight excluding hydrogens is 493 g/mol. The van der Waals surface area contributed by atoms with Crippen LogP contribution in [0.15, 0.2) is 72.8 Å². The average Bonchev–Trinajstić information content (AvgIpc) is 2.78. The van der Waals surface area contributed by atoms with E-state index < -0.39 is 0 Å². The van der Waals surface area contributed by atoms with E-state index in [1.54, 1.807) is 0 Å². The molecule has 0 fully saturated rings. The standard InChI is InChI=1S/C27H26IN3/c1-19-9-11-21(12-10-19)16-26(23-6-3-5-22(15-23)18-30)20(2)31-27(13-14-29)24-7-4-8-25(28)17-24/h3-12,15,17,20,26-27,31H,13,16H2,1-2H3/t20-,26+,27?/m0/s1. The monoisotopic (exact) mass is 519 g/mol. The minimum atomic E-state index is -0.0469. The van der Waals surface area contributed by atoms with Crippen LogP contribution in [0.1, 0.15) is 53.1 Å². The smallest absolute Gasteiger partial charge is 0.0991 e. The Kier molecular flexibility index (Phi) is 8.23. The number of nitrogens with zero attached hydrogens (tertiary/aromatic N) is 2. The van der Waals surface area contributed by atoms with Gasteiger partial charge in [0.15, 0.2) is 0 Å². The van der Waals surface area contributed by atoms with E-state index >= 15 is 0 Å². The lowest BCUT2D eigenvalue weighted by Gasteiger charge is -2.30. The van der Waals surface area contributed by atoms with Crippen molar-refractivity contribution >= 4 is 22.6 Å². The summed E-state index contributed by atoms with van der Waals surface area (Å²) in [5, 5.41) is 22.5. The van der Waals surface area contributed by atoms with Crippen LogP contribution in [-0.2, 0) is 6.42 Å². The summed E-state index contributed by atoms with van der Waals surface area (Å²) in [6.45, 7) is 4.27. The zero-order chi connectivity index (χ0) is 22.2. The Morgan fingerprint density at radius 3 is 2.32 bits per heavy atom. The Hall–Kier alpha value is -2.67. The topological polar surface area (TPSA) is 59.6 Å². The maximum Gasteiger partial charge on any atom is 0.0991 e. The van der Waals surface area contributed by atoms with E-state index in [0.717, 1.165) is 21.1 Å². The molecule has 0 aliphatic heterocycles. The second kappa shape index (κ2) is 11.1. The zero-order valence-corrected chi connectivity index (χ0v) is 20.0. The second-order valence-electron chi connectivity index (χ2n) is 7.96. The van der Waals surface area contributed by atoms with Crippen LogP contribution in [0.5, 0.6) is 0 Å². The summed E-state index contributed by atoms with van der Waals surface area (Å²) in [6.07, 6.45) is 1.26. The molecule has 1 unspecified atom stereocenters. The Labute approximate surface area is 198 Å². The minimum Gasteiger partial charge on any atom is -0.306 e. The highest BCUT2D eigenvalue weighted by Gasteiger charge is 2.24. The molecule has 0 spiro atoms. The van der Waals surface area contributed by atoms with Crippen molar-refractivity contribution in [2.75, 3.05) is 0 Å². The predicted molar refractivity (Wildman–Crippen MR) is 134 cm³/mol. The van der Waals surface area contributed by atoms with Gasteiger partial charge in [-0.25, -0.2) is 0 Å².